The van der Waals surface area contributed by atoms with Gasteiger partial charge in [0.1, 0.15) is 18.4 Å². The van der Waals surface area contributed by atoms with Crippen LogP contribution in [-0.4, -0.2) is 36.7 Å². The van der Waals surface area contributed by atoms with E-state index >= 15 is 0 Å². The number of nitrogens with zero attached hydrogens (tertiary/aromatic N) is 2. The Hall–Kier alpha value is -2.83. The number of para-hydroxylation sites is 2. The quantitative estimate of drug-likeness (QED) is 0.890. The fourth-order valence-corrected chi connectivity index (χ4v) is 3.54. The van der Waals surface area contributed by atoms with E-state index in [2.05, 4.69) is 17.4 Å². The van der Waals surface area contributed by atoms with E-state index in [1.807, 2.05) is 18.2 Å². The summed E-state index contributed by atoms with van der Waals surface area (Å²) < 4.78 is 11.0. The molecular weight excluding hydrogens is 334 g/mol. The third kappa shape index (κ3) is 2.83. The molecule has 0 bridgehead atoms. The number of carbonyl (C=O) groups excluding carboxylic acids is 2. The summed E-state index contributed by atoms with van der Waals surface area (Å²) in [6, 6.07) is 6.51. The van der Waals surface area contributed by atoms with Crippen LogP contribution in [0.3, 0.4) is 0 Å². The molecule has 2 aliphatic rings. The predicted molar refractivity (Wildman–Crippen MR) is 94.3 cm³/mol. The lowest BCUT2D eigenvalue weighted by Crippen LogP contribution is -2.49. The predicted octanol–water partition coefficient (Wildman–Crippen LogP) is 1.95. The van der Waals surface area contributed by atoms with Crippen molar-refractivity contribution in [3.63, 3.8) is 0 Å². The first kappa shape index (κ1) is 16.6. The summed E-state index contributed by atoms with van der Waals surface area (Å²) in [6.45, 7) is 2.21. The second kappa shape index (κ2) is 6.48. The van der Waals surface area contributed by atoms with Gasteiger partial charge in [-0.25, -0.2) is 0 Å². The zero-order chi connectivity index (χ0) is 18.3. The second-order valence-electron chi connectivity index (χ2n) is 6.99. The van der Waals surface area contributed by atoms with Crippen LogP contribution in [0, 0.1) is 5.92 Å². The molecule has 2 heterocycles. The van der Waals surface area contributed by atoms with E-state index < -0.39 is 11.9 Å². The first-order valence-electron chi connectivity index (χ1n) is 8.82. The summed E-state index contributed by atoms with van der Waals surface area (Å²) >= 11 is 0. The van der Waals surface area contributed by atoms with Crippen LogP contribution in [0.1, 0.15) is 35.2 Å². The third-order valence-corrected chi connectivity index (χ3v) is 5.07. The molecule has 4 rings (SSSR count). The lowest BCUT2D eigenvalue weighted by atomic mass is 9.88. The average molecular weight is 355 g/mol. The number of anilines is 1. The third-order valence-electron chi connectivity index (χ3n) is 5.07. The number of rotatable bonds is 2. The molecule has 0 radical (unpaired) electrons. The zero-order valence-electron chi connectivity index (χ0n) is 14.8. The topological polar surface area (TPSA) is 84.7 Å². The Kier molecular flexibility index (Phi) is 4.14. The molecule has 2 atom stereocenters. The van der Waals surface area contributed by atoms with Gasteiger partial charge in [0, 0.05) is 12.6 Å². The van der Waals surface area contributed by atoms with Gasteiger partial charge < -0.3 is 19.5 Å². The van der Waals surface area contributed by atoms with E-state index in [1.165, 1.54) is 4.90 Å². The Labute approximate surface area is 151 Å². The number of carbonyl (C=O) groups is 2. The smallest absolute Gasteiger partial charge is 0.290 e. The molecule has 1 aromatic carbocycles. The highest BCUT2D eigenvalue weighted by molar-refractivity contribution is 6.03. The summed E-state index contributed by atoms with van der Waals surface area (Å²) in [7, 11) is 1.67. The van der Waals surface area contributed by atoms with E-state index in [-0.39, 0.29) is 18.3 Å². The van der Waals surface area contributed by atoms with Crippen molar-refractivity contribution in [2.24, 2.45) is 5.92 Å². The minimum atomic E-state index is -0.790. The Bertz CT molecular complexity index is 860. The summed E-state index contributed by atoms with van der Waals surface area (Å²) in [5.41, 5.74) is 2.39. The van der Waals surface area contributed by atoms with Gasteiger partial charge in [0.05, 0.1) is 11.4 Å². The fraction of sp³-hybridized carbons (Fsp3) is 0.421. The minimum Gasteiger partial charge on any atom is -0.489 e. The summed E-state index contributed by atoms with van der Waals surface area (Å²) in [5.74, 6) is 0.658. The SMILES string of the molecule is C[C@@H]1CCc2noc(C(=O)N[C@H]3COc4ccccc4N(C)C3=O)c2C1. The highest BCUT2D eigenvalue weighted by atomic mass is 16.5. The van der Waals surface area contributed by atoms with Gasteiger partial charge in [-0.05, 0) is 37.3 Å². The monoisotopic (exact) mass is 355 g/mol. The van der Waals surface area contributed by atoms with Crippen molar-refractivity contribution in [3.8, 4) is 5.75 Å². The lowest BCUT2D eigenvalue weighted by molar-refractivity contribution is -0.120. The normalized spacial score (nSPS) is 22.1. The van der Waals surface area contributed by atoms with Crippen molar-refractivity contribution in [3.05, 3.63) is 41.3 Å². The number of fused-ring (bicyclic) bond motifs is 2. The second-order valence-corrected chi connectivity index (χ2v) is 6.99. The van der Waals surface area contributed by atoms with Gasteiger partial charge in [-0.15, -0.1) is 0 Å². The number of aromatic nitrogens is 1. The van der Waals surface area contributed by atoms with Crippen molar-refractivity contribution in [1.29, 1.82) is 0 Å². The van der Waals surface area contributed by atoms with E-state index in [4.69, 9.17) is 9.26 Å². The highest BCUT2D eigenvalue weighted by Gasteiger charge is 2.33. The van der Waals surface area contributed by atoms with Crippen LogP contribution in [0.2, 0.25) is 0 Å². The first-order chi connectivity index (χ1) is 12.5. The molecule has 2 aromatic rings. The van der Waals surface area contributed by atoms with Gasteiger partial charge in [0.2, 0.25) is 5.76 Å². The number of benzene rings is 1. The molecule has 1 aliphatic carbocycles. The Morgan fingerprint density at radius 1 is 1.35 bits per heavy atom. The molecule has 136 valence electrons. The van der Waals surface area contributed by atoms with E-state index in [0.29, 0.717) is 17.4 Å². The maximum Gasteiger partial charge on any atom is 0.290 e. The molecule has 0 spiro atoms. The van der Waals surface area contributed by atoms with Gasteiger partial charge in [-0.2, -0.15) is 0 Å². The lowest BCUT2D eigenvalue weighted by Gasteiger charge is -2.20. The van der Waals surface area contributed by atoms with Crippen LogP contribution >= 0.6 is 0 Å². The fourth-order valence-electron chi connectivity index (χ4n) is 3.54. The van der Waals surface area contributed by atoms with Crippen molar-refractivity contribution < 1.29 is 18.8 Å². The molecule has 0 unspecified atom stereocenters. The zero-order valence-corrected chi connectivity index (χ0v) is 14.8. The molecular formula is C19H21N3O4. The van der Waals surface area contributed by atoms with Gasteiger partial charge in [-0.3, -0.25) is 9.59 Å². The molecule has 1 N–H and O–H groups in total. The molecule has 0 fully saturated rings. The Morgan fingerprint density at radius 2 is 2.15 bits per heavy atom. The van der Waals surface area contributed by atoms with Crippen LogP contribution < -0.4 is 15.0 Å². The van der Waals surface area contributed by atoms with Gasteiger partial charge >= 0.3 is 0 Å². The number of hydrogen-bond donors (Lipinski definition) is 1. The number of ether oxygens (including phenoxy) is 1. The Morgan fingerprint density at radius 3 is 3.00 bits per heavy atom. The molecule has 7 heteroatoms. The minimum absolute atomic E-state index is 0.0681. The Balaban J connectivity index is 1.54. The number of hydrogen-bond acceptors (Lipinski definition) is 5. The maximum absolute atomic E-state index is 12.7. The van der Waals surface area contributed by atoms with Crippen molar-refractivity contribution in [2.45, 2.75) is 32.2 Å². The summed E-state index contributed by atoms with van der Waals surface area (Å²) in [5, 5.41) is 6.78. The maximum atomic E-state index is 12.7. The van der Waals surface area contributed by atoms with Gasteiger partial charge in [-0.1, -0.05) is 24.2 Å². The van der Waals surface area contributed by atoms with Crippen LogP contribution in [-0.2, 0) is 17.6 Å². The molecule has 1 aromatic heterocycles. The van der Waals surface area contributed by atoms with E-state index in [0.717, 1.165) is 30.5 Å². The van der Waals surface area contributed by atoms with Gasteiger partial charge in [0.15, 0.2) is 0 Å². The molecule has 2 amide bonds. The molecule has 1 aliphatic heterocycles. The number of amides is 2. The van der Waals surface area contributed by atoms with Crippen molar-refractivity contribution >= 4 is 17.5 Å². The van der Waals surface area contributed by atoms with E-state index in [9.17, 15) is 9.59 Å². The van der Waals surface area contributed by atoms with Crippen molar-refractivity contribution in [1.82, 2.24) is 10.5 Å². The first-order valence-corrected chi connectivity index (χ1v) is 8.82. The largest absolute Gasteiger partial charge is 0.489 e. The highest BCUT2D eigenvalue weighted by Crippen LogP contribution is 2.30. The van der Waals surface area contributed by atoms with Crippen LogP contribution in [0.25, 0.3) is 0 Å². The number of likely N-dealkylation sites (N-methyl/N-ethyl adjacent to an activating group) is 1. The molecule has 0 saturated heterocycles. The van der Waals surface area contributed by atoms with Crippen LogP contribution in [0.15, 0.2) is 28.8 Å². The standard InChI is InChI=1S/C19H21N3O4/c1-11-7-8-13-12(9-11)17(26-21-13)18(23)20-14-10-25-16-6-4-3-5-15(16)22(2)19(14)24/h3-6,11,14H,7-10H2,1-2H3,(H,20,23)/t11-,14+/m1/s1. The van der Waals surface area contributed by atoms with Crippen LogP contribution in [0.5, 0.6) is 5.75 Å². The van der Waals surface area contributed by atoms with Crippen molar-refractivity contribution in [2.75, 3.05) is 18.6 Å². The molecule has 7 nitrogen and oxygen atoms in total. The average Bonchev–Trinajstić information content (AvgIpc) is 3.02. The number of aryl methyl sites for hydroxylation is 1. The number of nitrogens with one attached hydrogen (secondary N) is 1. The van der Waals surface area contributed by atoms with Gasteiger partial charge in [0.25, 0.3) is 11.8 Å². The van der Waals surface area contributed by atoms with E-state index in [1.54, 1.807) is 13.1 Å². The summed E-state index contributed by atoms with van der Waals surface area (Å²) in [4.78, 5) is 27.0. The summed E-state index contributed by atoms with van der Waals surface area (Å²) in [6.07, 6.45) is 2.62. The molecule has 0 saturated carbocycles. The van der Waals surface area contributed by atoms with Crippen LogP contribution in [0.4, 0.5) is 5.69 Å². The molecule has 26 heavy (non-hydrogen) atoms.